The number of benzene rings is 3. The Balaban J connectivity index is 1.64. The topological polar surface area (TPSA) is 9.23 Å². The number of hydrogen-bond acceptors (Lipinski definition) is 2. The van der Waals surface area contributed by atoms with Gasteiger partial charge in [0.05, 0.1) is 10.1 Å². The average Bonchev–Trinajstić information content (AvgIpc) is 2.88. The summed E-state index contributed by atoms with van der Waals surface area (Å²) in [6.45, 7) is 0. The van der Waals surface area contributed by atoms with Gasteiger partial charge in [-0.3, -0.25) is 0 Å². The minimum absolute atomic E-state index is 0.208. The van der Waals surface area contributed by atoms with Crippen molar-refractivity contribution >= 4 is 22.5 Å². The van der Waals surface area contributed by atoms with Crippen LogP contribution in [0, 0.1) is 0 Å². The third-order valence-corrected chi connectivity index (χ3v) is 5.75. The Morgan fingerprint density at radius 1 is 0.905 bits per heavy atom. The molecule has 2 aliphatic rings. The maximum Gasteiger partial charge on any atom is 0.137 e. The van der Waals surface area contributed by atoms with Crippen LogP contribution in [0.5, 0.6) is 5.75 Å². The lowest BCUT2D eigenvalue weighted by Gasteiger charge is -2.29. The van der Waals surface area contributed by atoms with Crippen molar-refractivity contribution in [2.24, 2.45) is 0 Å². The molecule has 0 aromatic heterocycles. The third kappa shape index (κ3) is 1.72. The van der Waals surface area contributed by atoms with Crippen LogP contribution < -0.4 is 4.74 Å². The molecule has 3 aromatic rings. The molecule has 0 unspecified atom stereocenters. The maximum atomic E-state index is 6.37. The van der Waals surface area contributed by atoms with E-state index >= 15 is 0 Å². The van der Waals surface area contributed by atoms with E-state index in [-0.39, 0.29) is 6.10 Å². The Kier molecular flexibility index (Phi) is 2.39. The molecule has 3 aromatic carbocycles. The van der Waals surface area contributed by atoms with Crippen molar-refractivity contribution < 1.29 is 4.74 Å². The third-order valence-electron chi connectivity index (χ3n) is 4.46. The fourth-order valence-electron chi connectivity index (χ4n) is 3.45. The van der Waals surface area contributed by atoms with Crippen LogP contribution in [0.1, 0.15) is 17.2 Å². The highest BCUT2D eigenvalue weighted by Crippen LogP contribution is 2.51. The van der Waals surface area contributed by atoms with Crippen LogP contribution in [-0.2, 0) is 6.42 Å². The summed E-state index contributed by atoms with van der Waals surface area (Å²) < 4.78 is 6.37. The van der Waals surface area contributed by atoms with Gasteiger partial charge in [0.1, 0.15) is 11.9 Å². The van der Waals surface area contributed by atoms with Crippen LogP contribution in [0.15, 0.2) is 65.6 Å². The highest BCUT2D eigenvalue weighted by Gasteiger charge is 2.38. The molecule has 2 heteroatoms. The summed E-state index contributed by atoms with van der Waals surface area (Å²) in [6, 6.07) is 21.7. The monoisotopic (exact) mass is 290 g/mol. The van der Waals surface area contributed by atoms with Crippen molar-refractivity contribution in [3.05, 3.63) is 71.8 Å². The molecule has 0 bridgehead atoms. The Hall–Kier alpha value is -1.93. The van der Waals surface area contributed by atoms with Gasteiger partial charge < -0.3 is 4.74 Å². The molecule has 0 fully saturated rings. The summed E-state index contributed by atoms with van der Waals surface area (Å²) in [5.41, 5.74) is 2.81. The van der Waals surface area contributed by atoms with Gasteiger partial charge in [0, 0.05) is 0 Å². The van der Waals surface area contributed by atoms with Gasteiger partial charge in [-0.15, -0.1) is 11.8 Å². The lowest BCUT2D eigenvalue weighted by Crippen LogP contribution is -2.20. The molecular weight excluding hydrogens is 276 g/mol. The van der Waals surface area contributed by atoms with E-state index in [2.05, 4.69) is 60.7 Å². The second kappa shape index (κ2) is 4.28. The molecule has 5 rings (SSSR count). The van der Waals surface area contributed by atoms with Gasteiger partial charge in [0.2, 0.25) is 0 Å². The zero-order valence-corrected chi connectivity index (χ0v) is 12.3. The fraction of sp³-hybridized carbons (Fsp3) is 0.158. The van der Waals surface area contributed by atoms with Crippen LogP contribution in [0.2, 0.25) is 0 Å². The van der Waals surface area contributed by atoms with Gasteiger partial charge in [-0.05, 0) is 40.5 Å². The highest BCUT2D eigenvalue weighted by molar-refractivity contribution is 8.00. The van der Waals surface area contributed by atoms with Crippen LogP contribution in [0.4, 0.5) is 0 Å². The zero-order chi connectivity index (χ0) is 13.8. The number of ether oxygens (including phenoxy) is 1. The van der Waals surface area contributed by atoms with E-state index in [1.807, 2.05) is 11.8 Å². The first-order valence-corrected chi connectivity index (χ1v) is 8.20. The molecular formula is C19H14OS. The van der Waals surface area contributed by atoms with Crippen LogP contribution in [0.3, 0.4) is 0 Å². The van der Waals surface area contributed by atoms with E-state index in [9.17, 15) is 0 Å². The molecule has 0 amide bonds. The first kappa shape index (κ1) is 11.7. The molecule has 21 heavy (non-hydrogen) atoms. The number of rotatable bonds is 0. The van der Waals surface area contributed by atoms with Gasteiger partial charge >= 0.3 is 0 Å². The standard InChI is InChI=1S/C19H14OS/c1-2-6-13-10-17-16(9-12(13)5-1)20-19-15-8-4-3-7-14(15)11-18(19)21-17/h1-10,18-19H,11H2/t18-,19+/m0/s1. The number of fused-ring (bicyclic) bond motifs is 5. The lowest BCUT2D eigenvalue weighted by molar-refractivity contribution is 0.202. The van der Waals surface area contributed by atoms with Gasteiger partial charge in [-0.2, -0.15) is 0 Å². The smallest absolute Gasteiger partial charge is 0.137 e. The van der Waals surface area contributed by atoms with Crippen molar-refractivity contribution in [3.8, 4) is 5.75 Å². The molecule has 0 N–H and O–H groups in total. The van der Waals surface area contributed by atoms with Crippen LogP contribution in [0.25, 0.3) is 10.8 Å². The van der Waals surface area contributed by atoms with E-state index in [4.69, 9.17) is 4.74 Å². The van der Waals surface area contributed by atoms with E-state index in [0.29, 0.717) is 5.25 Å². The molecule has 0 saturated heterocycles. The van der Waals surface area contributed by atoms with Crippen LogP contribution >= 0.6 is 11.8 Å². The maximum absolute atomic E-state index is 6.37. The largest absolute Gasteiger partial charge is 0.483 e. The molecule has 1 nitrogen and oxygen atoms in total. The predicted octanol–water partition coefficient (Wildman–Crippen LogP) is 4.99. The average molecular weight is 290 g/mol. The molecule has 1 heterocycles. The van der Waals surface area contributed by atoms with Crippen molar-refractivity contribution in [2.75, 3.05) is 0 Å². The lowest BCUT2D eigenvalue weighted by atomic mass is 10.1. The zero-order valence-electron chi connectivity index (χ0n) is 11.5. The summed E-state index contributed by atoms with van der Waals surface area (Å²) in [6.07, 6.45) is 1.32. The SMILES string of the molecule is c1ccc2c(c1)C[C@@H]1Sc3cc4ccccc4cc3O[C@H]21. The molecule has 0 spiro atoms. The second-order valence-corrected chi connectivity index (χ2v) is 7.02. The van der Waals surface area contributed by atoms with E-state index in [1.54, 1.807) is 0 Å². The Morgan fingerprint density at radius 3 is 2.57 bits per heavy atom. The normalized spacial score (nSPS) is 22.3. The Labute approximate surface area is 127 Å². The summed E-state index contributed by atoms with van der Waals surface area (Å²) >= 11 is 1.97. The fourth-order valence-corrected chi connectivity index (χ4v) is 4.78. The van der Waals surface area contributed by atoms with Crippen LogP contribution in [-0.4, -0.2) is 5.25 Å². The Morgan fingerprint density at radius 2 is 1.67 bits per heavy atom. The van der Waals surface area contributed by atoms with Gasteiger partial charge in [0.15, 0.2) is 0 Å². The van der Waals surface area contributed by atoms with Gasteiger partial charge in [0.25, 0.3) is 0 Å². The highest BCUT2D eigenvalue weighted by atomic mass is 32.2. The molecule has 0 saturated carbocycles. The Bertz CT molecular complexity index is 855. The summed E-state index contributed by atoms with van der Waals surface area (Å²) in [7, 11) is 0. The van der Waals surface area contributed by atoms with Crippen molar-refractivity contribution in [3.63, 3.8) is 0 Å². The predicted molar refractivity (Wildman–Crippen MR) is 87.1 cm³/mol. The van der Waals surface area contributed by atoms with Gasteiger partial charge in [-0.25, -0.2) is 0 Å². The number of hydrogen-bond donors (Lipinski definition) is 0. The summed E-state index contributed by atoms with van der Waals surface area (Å²) in [5, 5.41) is 3.05. The van der Waals surface area contributed by atoms with E-state index < -0.39 is 0 Å². The summed E-state index contributed by atoms with van der Waals surface area (Å²) in [5.74, 6) is 1.04. The molecule has 2 atom stereocenters. The molecule has 0 radical (unpaired) electrons. The van der Waals surface area contributed by atoms with Gasteiger partial charge in [-0.1, -0.05) is 48.5 Å². The van der Waals surface area contributed by atoms with E-state index in [1.165, 1.54) is 26.8 Å². The first-order chi connectivity index (χ1) is 10.4. The van der Waals surface area contributed by atoms with E-state index in [0.717, 1.165) is 12.2 Å². The quantitative estimate of drug-likeness (QED) is 0.577. The van der Waals surface area contributed by atoms with Crippen molar-refractivity contribution in [1.82, 2.24) is 0 Å². The first-order valence-electron chi connectivity index (χ1n) is 7.32. The summed E-state index contributed by atoms with van der Waals surface area (Å²) in [4.78, 5) is 1.28. The second-order valence-electron chi connectivity index (χ2n) is 5.74. The minimum Gasteiger partial charge on any atom is -0.483 e. The molecule has 1 aliphatic heterocycles. The minimum atomic E-state index is 0.208. The number of thioether (sulfide) groups is 1. The van der Waals surface area contributed by atoms with Crippen molar-refractivity contribution in [1.29, 1.82) is 0 Å². The molecule has 102 valence electrons. The van der Waals surface area contributed by atoms with Crippen molar-refractivity contribution in [2.45, 2.75) is 22.7 Å². The molecule has 1 aliphatic carbocycles.